The molecule has 3 aromatic rings. The van der Waals surface area contributed by atoms with Gasteiger partial charge in [-0.15, -0.1) is 11.3 Å². The second-order valence-corrected chi connectivity index (χ2v) is 6.91. The smallest absolute Gasteiger partial charge is 0.306 e. The number of nitrogens with one attached hydrogen (secondary N) is 1. The lowest BCUT2D eigenvalue weighted by molar-refractivity contribution is 0.102. The largest absolute Gasteiger partial charge is 0.331 e. The highest BCUT2D eigenvalue weighted by molar-refractivity contribution is 7.20. The van der Waals surface area contributed by atoms with E-state index in [0.29, 0.717) is 27.0 Å². The van der Waals surface area contributed by atoms with Crippen molar-refractivity contribution in [2.24, 2.45) is 14.1 Å². The minimum absolute atomic E-state index is 0.312. The lowest BCUT2D eigenvalue weighted by Gasteiger charge is -2.06. The van der Waals surface area contributed by atoms with Gasteiger partial charge in [-0.2, -0.15) is 5.10 Å². The summed E-state index contributed by atoms with van der Waals surface area (Å²) in [7, 11) is 3.01. The zero-order valence-electron chi connectivity index (χ0n) is 13.1. The average molecular weight is 345 g/mol. The SMILES string of the molecule is Cn1c(=O)c2cc(C(=O)Nc3ccnn3C3CC3)sc2n(C)c1=O. The summed E-state index contributed by atoms with van der Waals surface area (Å²) in [6.07, 6.45) is 3.77. The molecule has 0 atom stereocenters. The summed E-state index contributed by atoms with van der Waals surface area (Å²) >= 11 is 1.13. The maximum absolute atomic E-state index is 12.5. The fraction of sp³-hybridized carbons (Fsp3) is 0.333. The molecular formula is C15H15N5O3S. The predicted octanol–water partition coefficient (Wildman–Crippen LogP) is 1.08. The Morgan fingerprint density at radius 2 is 2.04 bits per heavy atom. The molecule has 0 bridgehead atoms. The van der Waals surface area contributed by atoms with Crippen LogP contribution in [-0.4, -0.2) is 24.8 Å². The molecule has 4 rings (SSSR count). The van der Waals surface area contributed by atoms with Gasteiger partial charge in [0.1, 0.15) is 10.6 Å². The van der Waals surface area contributed by atoms with Gasteiger partial charge in [-0.05, 0) is 18.9 Å². The third-order valence-electron chi connectivity index (χ3n) is 4.15. The standard InChI is InChI=1S/C15H15N5O3S/c1-18-13(22)9-7-10(24-14(9)19(2)15(18)23)12(21)17-11-5-6-16-20(11)8-3-4-8/h5-8H,3-4H2,1-2H3,(H,17,21). The van der Waals surface area contributed by atoms with E-state index in [1.807, 2.05) is 0 Å². The van der Waals surface area contributed by atoms with Crippen molar-refractivity contribution in [3.8, 4) is 0 Å². The van der Waals surface area contributed by atoms with Gasteiger partial charge in [0.05, 0.1) is 22.5 Å². The van der Waals surface area contributed by atoms with Crippen LogP contribution in [0.4, 0.5) is 5.82 Å². The average Bonchev–Trinajstić information content (AvgIpc) is 3.14. The molecule has 1 amide bonds. The maximum Gasteiger partial charge on any atom is 0.331 e. The highest BCUT2D eigenvalue weighted by atomic mass is 32.1. The summed E-state index contributed by atoms with van der Waals surface area (Å²) < 4.78 is 4.23. The molecule has 3 aromatic heterocycles. The van der Waals surface area contributed by atoms with Gasteiger partial charge in [-0.3, -0.25) is 18.7 Å². The Labute approximate surface area is 139 Å². The molecule has 3 heterocycles. The summed E-state index contributed by atoms with van der Waals surface area (Å²) in [6, 6.07) is 3.64. The fourth-order valence-corrected chi connectivity index (χ4v) is 3.68. The lowest BCUT2D eigenvalue weighted by atomic mass is 10.3. The molecule has 1 aliphatic rings. The van der Waals surface area contributed by atoms with E-state index >= 15 is 0 Å². The number of aromatic nitrogens is 4. The summed E-state index contributed by atoms with van der Waals surface area (Å²) in [4.78, 5) is 37.6. The Hall–Kier alpha value is -2.68. The van der Waals surface area contributed by atoms with Gasteiger partial charge in [-0.1, -0.05) is 0 Å². The topological polar surface area (TPSA) is 90.9 Å². The number of carbonyl (C=O) groups excluding carboxylic acids is 1. The Bertz CT molecular complexity index is 1080. The molecule has 0 unspecified atom stereocenters. The van der Waals surface area contributed by atoms with Crippen molar-refractivity contribution in [3.05, 3.63) is 44.0 Å². The summed E-state index contributed by atoms with van der Waals surface area (Å²) in [5.41, 5.74) is -0.806. The first-order chi connectivity index (χ1) is 11.5. The van der Waals surface area contributed by atoms with E-state index in [2.05, 4.69) is 10.4 Å². The predicted molar refractivity (Wildman–Crippen MR) is 90.8 cm³/mol. The Balaban J connectivity index is 1.74. The van der Waals surface area contributed by atoms with Gasteiger partial charge in [0.2, 0.25) is 0 Å². The molecule has 0 aromatic carbocycles. The molecule has 0 saturated heterocycles. The number of amides is 1. The minimum Gasteiger partial charge on any atom is -0.306 e. The molecule has 0 spiro atoms. The number of nitrogens with zero attached hydrogens (tertiary/aromatic N) is 4. The van der Waals surface area contributed by atoms with Crippen LogP contribution in [-0.2, 0) is 14.1 Å². The first-order valence-electron chi connectivity index (χ1n) is 7.52. The molecule has 8 nitrogen and oxygen atoms in total. The third-order valence-corrected chi connectivity index (χ3v) is 5.36. The minimum atomic E-state index is -0.409. The summed E-state index contributed by atoms with van der Waals surface area (Å²) in [6.45, 7) is 0. The van der Waals surface area contributed by atoms with Crippen LogP contribution >= 0.6 is 11.3 Å². The molecule has 1 fully saturated rings. The van der Waals surface area contributed by atoms with Crippen LogP contribution in [0.1, 0.15) is 28.6 Å². The Morgan fingerprint density at radius 3 is 2.75 bits per heavy atom. The van der Waals surface area contributed by atoms with Gasteiger partial charge in [-0.25, -0.2) is 9.48 Å². The zero-order valence-corrected chi connectivity index (χ0v) is 14.0. The van der Waals surface area contributed by atoms with E-state index < -0.39 is 11.2 Å². The first kappa shape index (κ1) is 14.9. The van der Waals surface area contributed by atoms with E-state index in [9.17, 15) is 14.4 Å². The van der Waals surface area contributed by atoms with Crippen molar-refractivity contribution in [3.63, 3.8) is 0 Å². The number of anilines is 1. The fourth-order valence-electron chi connectivity index (χ4n) is 2.68. The third kappa shape index (κ3) is 2.20. The zero-order chi connectivity index (χ0) is 17.0. The summed E-state index contributed by atoms with van der Waals surface area (Å²) in [5, 5.41) is 7.42. The van der Waals surface area contributed by atoms with Gasteiger partial charge >= 0.3 is 5.69 Å². The molecule has 24 heavy (non-hydrogen) atoms. The van der Waals surface area contributed by atoms with Gasteiger partial charge in [0.25, 0.3) is 11.5 Å². The molecule has 124 valence electrons. The Morgan fingerprint density at radius 1 is 1.29 bits per heavy atom. The van der Waals surface area contributed by atoms with Crippen molar-refractivity contribution in [1.82, 2.24) is 18.9 Å². The number of hydrogen-bond acceptors (Lipinski definition) is 5. The second-order valence-electron chi connectivity index (χ2n) is 5.88. The lowest BCUT2D eigenvalue weighted by Crippen LogP contribution is -2.36. The molecule has 0 aliphatic heterocycles. The second kappa shape index (κ2) is 5.17. The normalized spacial score (nSPS) is 14.2. The number of aryl methyl sites for hydroxylation is 1. The van der Waals surface area contributed by atoms with Crippen LogP contribution in [0.3, 0.4) is 0 Å². The first-order valence-corrected chi connectivity index (χ1v) is 8.33. The van der Waals surface area contributed by atoms with Gasteiger partial charge in [0, 0.05) is 20.2 Å². The van der Waals surface area contributed by atoms with E-state index in [-0.39, 0.29) is 5.91 Å². The quantitative estimate of drug-likeness (QED) is 0.769. The van der Waals surface area contributed by atoms with Crippen LogP contribution in [0.25, 0.3) is 10.2 Å². The molecule has 1 aliphatic carbocycles. The monoisotopic (exact) mass is 345 g/mol. The van der Waals surface area contributed by atoms with Crippen molar-refractivity contribution >= 4 is 33.3 Å². The molecule has 1 N–H and O–H groups in total. The highest BCUT2D eigenvalue weighted by Crippen LogP contribution is 2.36. The molecular weight excluding hydrogens is 330 g/mol. The van der Waals surface area contributed by atoms with Crippen LogP contribution in [0.15, 0.2) is 27.9 Å². The van der Waals surface area contributed by atoms with Crippen molar-refractivity contribution in [1.29, 1.82) is 0 Å². The van der Waals surface area contributed by atoms with E-state index in [4.69, 9.17) is 0 Å². The molecule has 9 heteroatoms. The summed E-state index contributed by atoms with van der Waals surface area (Å²) in [5.74, 6) is 0.329. The van der Waals surface area contributed by atoms with E-state index in [1.54, 1.807) is 24.0 Å². The van der Waals surface area contributed by atoms with E-state index in [0.717, 1.165) is 28.7 Å². The van der Waals surface area contributed by atoms with E-state index in [1.165, 1.54) is 17.7 Å². The number of thiophene rings is 1. The van der Waals surface area contributed by atoms with Crippen molar-refractivity contribution in [2.45, 2.75) is 18.9 Å². The molecule has 0 radical (unpaired) electrons. The van der Waals surface area contributed by atoms with Crippen LogP contribution in [0, 0.1) is 0 Å². The maximum atomic E-state index is 12.5. The number of rotatable bonds is 3. The highest BCUT2D eigenvalue weighted by Gasteiger charge is 2.27. The van der Waals surface area contributed by atoms with Gasteiger partial charge < -0.3 is 5.32 Å². The van der Waals surface area contributed by atoms with Crippen molar-refractivity contribution in [2.75, 3.05) is 5.32 Å². The van der Waals surface area contributed by atoms with Gasteiger partial charge in [0.15, 0.2) is 0 Å². The molecule has 1 saturated carbocycles. The van der Waals surface area contributed by atoms with Crippen LogP contribution < -0.4 is 16.6 Å². The van der Waals surface area contributed by atoms with Crippen LogP contribution in [0.5, 0.6) is 0 Å². The Kier molecular flexibility index (Phi) is 3.20. The number of fused-ring (bicyclic) bond motifs is 1. The number of hydrogen-bond donors (Lipinski definition) is 1. The van der Waals surface area contributed by atoms with Crippen molar-refractivity contribution < 1.29 is 4.79 Å². The number of carbonyl (C=O) groups is 1. The van der Waals surface area contributed by atoms with Crippen LogP contribution in [0.2, 0.25) is 0 Å².